The monoisotopic (exact) mass is 468 g/mol. The van der Waals surface area contributed by atoms with Crippen LogP contribution in [0.3, 0.4) is 0 Å². The molecule has 0 aliphatic rings. The first kappa shape index (κ1) is 35.4. The van der Waals surface area contributed by atoms with Crippen molar-refractivity contribution in [3.8, 4) is 0 Å². The van der Waals surface area contributed by atoms with Gasteiger partial charge in [-0.15, -0.1) is 0 Å². The third kappa shape index (κ3) is 20.1. The Morgan fingerprint density at radius 3 is 0.871 bits per heavy atom. The molecule has 0 spiro atoms. The molecule has 18 heteroatoms. The van der Waals surface area contributed by atoms with E-state index in [1.54, 1.807) is 0 Å². The Hall–Kier alpha value is -2.99. The van der Waals surface area contributed by atoms with Crippen LogP contribution >= 0.6 is 0 Å². The maximum atomic E-state index is 10.3. The molecule has 0 bridgehead atoms. The van der Waals surface area contributed by atoms with E-state index in [0.29, 0.717) is 0 Å². The number of carboxylic acid groups (broad SMARTS) is 8. The first-order valence-electron chi connectivity index (χ1n) is 6.97. The Morgan fingerprint density at radius 1 is 0.548 bits per heavy atom. The van der Waals surface area contributed by atoms with Gasteiger partial charge in [0.1, 0.15) is 0 Å². The van der Waals surface area contributed by atoms with Crippen molar-refractivity contribution in [3.63, 3.8) is 0 Å². The van der Waals surface area contributed by atoms with Crippen molar-refractivity contribution in [1.29, 1.82) is 0 Å². The second kappa shape index (κ2) is 15.8. The summed E-state index contributed by atoms with van der Waals surface area (Å²) in [5.74, 6) is -10.4. The SMILES string of the molecule is O=C(O)CC(O)(CC(=O)O)C(=O)O.O=C(O)O.O=C([O-])CC(O)(CC(=O)O)C(=O)O.[Na+]. The molecule has 0 aromatic carbocycles. The molecule has 0 aromatic rings. The van der Waals surface area contributed by atoms with Crippen LogP contribution in [0.25, 0.3) is 0 Å². The van der Waals surface area contributed by atoms with Crippen LogP contribution in [0.4, 0.5) is 4.79 Å². The van der Waals surface area contributed by atoms with E-state index in [2.05, 4.69) is 0 Å². The molecule has 0 rings (SSSR count). The third-order valence-corrected chi connectivity index (χ3v) is 2.56. The molecular weight excluding hydrogens is 451 g/mol. The molecule has 0 aliphatic heterocycles. The maximum absolute atomic E-state index is 10.3. The summed E-state index contributed by atoms with van der Waals surface area (Å²) in [6.07, 6.45) is -6.56. The number of hydrogen-bond acceptors (Lipinski definition) is 10. The molecule has 0 heterocycles. The summed E-state index contributed by atoms with van der Waals surface area (Å²) in [6, 6.07) is 0. The molecule has 1 unspecified atom stereocenters. The molecule has 0 amide bonds. The summed E-state index contributed by atoms with van der Waals surface area (Å²) in [6.45, 7) is 0. The van der Waals surface area contributed by atoms with Gasteiger partial charge < -0.3 is 55.9 Å². The first-order valence-corrected chi connectivity index (χ1v) is 6.97. The topological polar surface area (TPSA) is 325 Å². The number of hydrogen-bond donors (Lipinski definition) is 9. The Balaban J connectivity index is -0.000000195. The van der Waals surface area contributed by atoms with Crippen molar-refractivity contribution in [2.75, 3.05) is 0 Å². The van der Waals surface area contributed by atoms with E-state index < -0.39 is 78.9 Å². The van der Waals surface area contributed by atoms with Gasteiger partial charge >= 0.3 is 65.6 Å². The fourth-order valence-corrected chi connectivity index (χ4v) is 1.42. The average Bonchev–Trinajstić information content (AvgIpc) is 2.43. The van der Waals surface area contributed by atoms with Gasteiger partial charge in [-0.3, -0.25) is 14.4 Å². The Bertz CT molecular complexity index is 596. The summed E-state index contributed by atoms with van der Waals surface area (Å²) < 4.78 is 0. The second-order valence-corrected chi connectivity index (χ2v) is 5.22. The predicted octanol–water partition coefficient (Wildman–Crippen LogP) is -6.61. The van der Waals surface area contributed by atoms with Gasteiger partial charge in [0.15, 0.2) is 11.2 Å². The van der Waals surface area contributed by atoms with Crippen LogP contribution in [0, 0.1) is 0 Å². The molecule has 0 saturated heterocycles. The zero-order chi connectivity index (χ0) is 24.9. The zero-order valence-corrected chi connectivity index (χ0v) is 17.6. The van der Waals surface area contributed by atoms with Gasteiger partial charge in [0.05, 0.1) is 19.3 Å². The van der Waals surface area contributed by atoms with Crippen molar-refractivity contribution >= 4 is 42.0 Å². The van der Waals surface area contributed by atoms with Crippen molar-refractivity contribution in [2.45, 2.75) is 36.9 Å². The Kier molecular flexibility index (Phi) is 18.1. The van der Waals surface area contributed by atoms with E-state index in [0.717, 1.165) is 0 Å². The minimum atomic E-state index is -2.80. The number of carbonyl (C=O) groups is 7. The first-order chi connectivity index (χ1) is 13.3. The molecule has 0 aromatic heterocycles. The summed E-state index contributed by atoms with van der Waals surface area (Å²) in [5, 5.41) is 83.3. The van der Waals surface area contributed by atoms with Crippen molar-refractivity contribution in [1.82, 2.24) is 0 Å². The smallest absolute Gasteiger partial charge is 0.550 e. The fraction of sp³-hybridized carbons (Fsp3) is 0.462. The van der Waals surface area contributed by atoms with Gasteiger partial charge in [-0.2, -0.15) is 0 Å². The molecule has 9 N–H and O–H groups in total. The summed E-state index contributed by atoms with van der Waals surface area (Å²) in [4.78, 5) is 69.4. The van der Waals surface area contributed by atoms with E-state index in [1.165, 1.54) is 0 Å². The second-order valence-electron chi connectivity index (χ2n) is 5.22. The summed E-state index contributed by atoms with van der Waals surface area (Å²) in [7, 11) is 0. The minimum Gasteiger partial charge on any atom is -0.550 e. The van der Waals surface area contributed by atoms with Crippen LogP contribution in [-0.4, -0.2) is 99.1 Å². The Labute approximate surface area is 193 Å². The normalized spacial score (nSPS) is 11.4. The van der Waals surface area contributed by atoms with Gasteiger partial charge in [-0.05, 0) is 0 Å². The van der Waals surface area contributed by atoms with Gasteiger partial charge in [0.25, 0.3) is 0 Å². The molecule has 0 saturated carbocycles. The number of aliphatic hydroxyl groups is 2. The number of carbonyl (C=O) groups excluding carboxylic acids is 1. The van der Waals surface area contributed by atoms with E-state index in [9.17, 15) is 33.9 Å². The summed E-state index contributed by atoms with van der Waals surface area (Å²) in [5.41, 5.74) is -5.54. The van der Waals surface area contributed by atoms with Crippen LogP contribution in [0.2, 0.25) is 0 Å². The number of rotatable bonds is 10. The van der Waals surface area contributed by atoms with Crippen LogP contribution in [0.5, 0.6) is 0 Å². The van der Waals surface area contributed by atoms with Crippen LogP contribution in [0.15, 0.2) is 0 Å². The Morgan fingerprint density at radius 2 is 0.742 bits per heavy atom. The van der Waals surface area contributed by atoms with Crippen LogP contribution < -0.4 is 34.7 Å². The summed E-state index contributed by atoms with van der Waals surface area (Å²) >= 11 is 0. The number of carboxylic acids is 6. The predicted molar refractivity (Wildman–Crippen MR) is 82.2 cm³/mol. The van der Waals surface area contributed by atoms with Crippen molar-refractivity contribution in [2.24, 2.45) is 0 Å². The number of aliphatic carboxylic acids is 6. The molecule has 17 nitrogen and oxygen atoms in total. The van der Waals surface area contributed by atoms with Crippen LogP contribution in [-0.2, 0) is 28.8 Å². The van der Waals surface area contributed by atoms with Gasteiger partial charge in [-0.25, -0.2) is 14.4 Å². The molecule has 1 atom stereocenters. The van der Waals surface area contributed by atoms with E-state index in [4.69, 9.17) is 50.8 Å². The standard InChI is InChI=1S/2C6H8O7.CH2O3.Na/c2*7-3(8)1-6(13,5(11)12)2-4(9)10;2-1(3)4;/h2*13H,1-2H2,(H,7,8)(H,9,10)(H,11,12);(H2,2,3,4);/q;;;+1/p-1. The largest absolute Gasteiger partial charge is 1.00 e. The molecule has 0 fully saturated rings. The molecular formula is C13H17NaO17. The fourth-order valence-electron chi connectivity index (χ4n) is 1.42. The van der Waals surface area contributed by atoms with Crippen LogP contribution in [0.1, 0.15) is 25.7 Å². The van der Waals surface area contributed by atoms with Gasteiger partial charge in [0, 0.05) is 12.4 Å². The minimum absolute atomic E-state index is 0. The van der Waals surface area contributed by atoms with E-state index in [-0.39, 0.29) is 29.6 Å². The van der Waals surface area contributed by atoms with Gasteiger partial charge in [-0.1, -0.05) is 0 Å². The zero-order valence-electron chi connectivity index (χ0n) is 15.6. The molecule has 0 aliphatic carbocycles. The van der Waals surface area contributed by atoms with E-state index >= 15 is 0 Å². The maximum Gasteiger partial charge on any atom is 1.00 e. The van der Waals surface area contributed by atoms with Crippen molar-refractivity contribution in [3.05, 3.63) is 0 Å². The third-order valence-electron chi connectivity index (χ3n) is 2.56. The van der Waals surface area contributed by atoms with Gasteiger partial charge in [0.2, 0.25) is 0 Å². The molecule has 0 radical (unpaired) electrons. The quantitative estimate of drug-likeness (QED) is 0.134. The van der Waals surface area contributed by atoms with Crippen molar-refractivity contribution < 1.29 is 114 Å². The molecule has 31 heavy (non-hydrogen) atoms. The average molecular weight is 468 g/mol. The van der Waals surface area contributed by atoms with E-state index in [1.807, 2.05) is 0 Å². The molecule has 172 valence electrons.